The maximum atomic E-state index is 12.3. The smallest absolute Gasteiger partial charge is 0.241 e. The van der Waals surface area contributed by atoms with E-state index >= 15 is 0 Å². The van der Waals surface area contributed by atoms with Crippen LogP contribution in [0.1, 0.15) is 17.7 Å². The Labute approximate surface area is 78.3 Å². The van der Waals surface area contributed by atoms with E-state index in [0.717, 1.165) is 0 Å². The summed E-state index contributed by atoms with van der Waals surface area (Å²) in [6, 6.07) is 1.21. The van der Waals surface area contributed by atoms with Gasteiger partial charge in [-0.3, -0.25) is 0 Å². The molecule has 0 atom stereocenters. The summed E-state index contributed by atoms with van der Waals surface area (Å²) in [5.41, 5.74) is -0.0800. The van der Waals surface area contributed by atoms with Gasteiger partial charge in [0.2, 0.25) is 0 Å². The molecule has 0 aromatic carbocycles. The van der Waals surface area contributed by atoms with Crippen molar-refractivity contribution in [2.45, 2.75) is 13.3 Å². The fourth-order valence-electron chi connectivity index (χ4n) is 0.870. The van der Waals surface area contributed by atoms with E-state index in [1.165, 1.54) is 13.0 Å². The number of aromatic nitrogens is 1. The minimum Gasteiger partial charge on any atom is -0.241 e. The zero-order valence-corrected chi connectivity index (χ0v) is 7.63. The molecule has 1 aromatic rings. The van der Waals surface area contributed by atoms with Crippen LogP contribution in [0.15, 0.2) is 6.07 Å². The third-order valence-corrected chi connectivity index (χ3v) is 1.89. The number of aryl methyl sites for hydroxylation is 1. The predicted molar refractivity (Wildman–Crippen MR) is 44.0 cm³/mol. The number of alkyl halides is 2. The molecule has 0 aliphatic heterocycles. The van der Waals surface area contributed by atoms with Crippen molar-refractivity contribution < 1.29 is 8.78 Å². The van der Waals surface area contributed by atoms with Crippen molar-refractivity contribution in [3.05, 3.63) is 27.5 Å². The minimum absolute atomic E-state index is 0.0394. The van der Waals surface area contributed by atoms with Gasteiger partial charge in [-0.1, -0.05) is 23.2 Å². The average molecular weight is 212 g/mol. The molecule has 0 saturated carbocycles. The number of halogens is 4. The normalized spacial score (nSPS) is 10.8. The van der Waals surface area contributed by atoms with Gasteiger partial charge in [0, 0.05) is 5.69 Å². The zero-order chi connectivity index (χ0) is 9.30. The molecule has 0 spiro atoms. The largest absolute Gasteiger partial charge is 0.267 e. The van der Waals surface area contributed by atoms with Gasteiger partial charge in [-0.05, 0) is 13.0 Å². The molecule has 12 heavy (non-hydrogen) atoms. The van der Waals surface area contributed by atoms with Gasteiger partial charge in [-0.15, -0.1) is 0 Å². The summed E-state index contributed by atoms with van der Waals surface area (Å²) < 4.78 is 24.5. The molecular weight excluding hydrogens is 207 g/mol. The lowest BCUT2D eigenvalue weighted by atomic mass is 10.2. The number of hydrogen-bond donors (Lipinski definition) is 0. The molecule has 0 aliphatic carbocycles. The van der Waals surface area contributed by atoms with Crippen LogP contribution in [0, 0.1) is 6.92 Å². The van der Waals surface area contributed by atoms with Crippen LogP contribution in [0.5, 0.6) is 0 Å². The lowest BCUT2D eigenvalue weighted by Crippen LogP contribution is -1.94. The lowest BCUT2D eigenvalue weighted by Gasteiger charge is -2.05. The zero-order valence-electron chi connectivity index (χ0n) is 6.11. The highest BCUT2D eigenvalue weighted by molar-refractivity contribution is 6.34. The molecule has 66 valence electrons. The molecular formula is C7H5Cl2F2N. The quantitative estimate of drug-likeness (QED) is 0.647. The molecule has 0 aliphatic rings. The molecule has 1 aromatic heterocycles. The van der Waals surface area contributed by atoms with Gasteiger partial charge < -0.3 is 0 Å². The SMILES string of the molecule is Cc1nc(Cl)cc(Cl)c1C(F)F. The summed E-state index contributed by atoms with van der Waals surface area (Å²) in [6.07, 6.45) is -2.61. The van der Waals surface area contributed by atoms with Crippen molar-refractivity contribution in [3.63, 3.8) is 0 Å². The van der Waals surface area contributed by atoms with E-state index in [1.807, 2.05) is 0 Å². The van der Waals surface area contributed by atoms with Gasteiger partial charge in [0.15, 0.2) is 0 Å². The molecule has 0 unspecified atom stereocenters. The Morgan fingerprint density at radius 3 is 2.42 bits per heavy atom. The van der Waals surface area contributed by atoms with Crippen molar-refractivity contribution in [2.24, 2.45) is 0 Å². The van der Waals surface area contributed by atoms with Gasteiger partial charge >= 0.3 is 0 Å². The van der Waals surface area contributed by atoms with Crippen molar-refractivity contribution >= 4 is 23.2 Å². The van der Waals surface area contributed by atoms with E-state index < -0.39 is 6.43 Å². The summed E-state index contributed by atoms with van der Waals surface area (Å²) in [5, 5.41) is 0.0874. The monoisotopic (exact) mass is 211 g/mol. The van der Waals surface area contributed by atoms with E-state index in [9.17, 15) is 8.78 Å². The second-order valence-electron chi connectivity index (χ2n) is 2.23. The molecule has 1 rings (SSSR count). The lowest BCUT2D eigenvalue weighted by molar-refractivity contribution is 0.150. The molecule has 0 fully saturated rings. The molecule has 0 amide bonds. The number of hydrogen-bond acceptors (Lipinski definition) is 1. The first-order valence-corrected chi connectivity index (χ1v) is 3.88. The summed E-state index contributed by atoms with van der Waals surface area (Å²) in [7, 11) is 0. The maximum Gasteiger partial charge on any atom is 0.267 e. The van der Waals surface area contributed by atoms with Crippen LogP contribution >= 0.6 is 23.2 Å². The Morgan fingerprint density at radius 1 is 1.42 bits per heavy atom. The average Bonchev–Trinajstić information content (AvgIpc) is 1.82. The van der Waals surface area contributed by atoms with Gasteiger partial charge in [-0.2, -0.15) is 0 Å². The highest BCUT2D eigenvalue weighted by atomic mass is 35.5. The molecule has 0 saturated heterocycles. The van der Waals surface area contributed by atoms with Gasteiger partial charge in [0.1, 0.15) is 5.15 Å². The third-order valence-electron chi connectivity index (χ3n) is 1.39. The fraction of sp³-hybridized carbons (Fsp3) is 0.286. The highest BCUT2D eigenvalue weighted by Crippen LogP contribution is 2.30. The predicted octanol–water partition coefficient (Wildman–Crippen LogP) is 3.63. The molecule has 5 heteroatoms. The molecule has 0 radical (unpaired) electrons. The molecule has 1 nitrogen and oxygen atoms in total. The number of nitrogens with zero attached hydrogens (tertiary/aromatic N) is 1. The Bertz CT molecular complexity index is 278. The highest BCUT2D eigenvalue weighted by Gasteiger charge is 2.16. The second-order valence-corrected chi connectivity index (χ2v) is 3.02. The van der Waals surface area contributed by atoms with Gasteiger partial charge in [-0.25, -0.2) is 13.8 Å². The topological polar surface area (TPSA) is 12.9 Å². The van der Waals surface area contributed by atoms with E-state index in [0.29, 0.717) is 0 Å². The molecule has 1 heterocycles. The first-order chi connectivity index (χ1) is 5.52. The van der Waals surface area contributed by atoms with Gasteiger partial charge in [0.05, 0.1) is 10.6 Å². The Morgan fingerprint density at radius 2 is 2.00 bits per heavy atom. The summed E-state index contributed by atoms with van der Waals surface area (Å²) in [5.74, 6) is 0. The van der Waals surface area contributed by atoms with Crippen molar-refractivity contribution in [3.8, 4) is 0 Å². The molecule has 0 N–H and O–H groups in total. The van der Waals surface area contributed by atoms with Crippen molar-refractivity contribution in [1.82, 2.24) is 4.98 Å². The minimum atomic E-state index is -2.61. The van der Waals surface area contributed by atoms with Crippen LogP contribution in [0.25, 0.3) is 0 Å². The van der Waals surface area contributed by atoms with E-state index in [2.05, 4.69) is 4.98 Å². The fourth-order valence-corrected chi connectivity index (χ4v) is 1.48. The third kappa shape index (κ3) is 1.84. The van der Waals surface area contributed by atoms with Crippen molar-refractivity contribution in [1.29, 1.82) is 0 Å². The van der Waals surface area contributed by atoms with Crippen LogP contribution in [-0.4, -0.2) is 4.98 Å². The van der Waals surface area contributed by atoms with Gasteiger partial charge in [0.25, 0.3) is 6.43 Å². The van der Waals surface area contributed by atoms with Crippen molar-refractivity contribution in [2.75, 3.05) is 0 Å². The van der Waals surface area contributed by atoms with E-state index in [4.69, 9.17) is 23.2 Å². The first kappa shape index (κ1) is 9.68. The Hall–Kier alpha value is -0.410. The summed E-state index contributed by atoms with van der Waals surface area (Å²) in [4.78, 5) is 3.66. The Balaban J connectivity index is 3.28. The van der Waals surface area contributed by atoms with Crippen LogP contribution in [0.4, 0.5) is 8.78 Å². The van der Waals surface area contributed by atoms with Crippen LogP contribution in [-0.2, 0) is 0 Å². The van der Waals surface area contributed by atoms with Crippen LogP contribution in [0.2, 0.25) is 10.2 Å². The summed E-state index contributed by atoms with van der Waals surface area (Å²) >= 11 is 11.0. The number of rotatable bonds is 1. The standard InChI is InChI=1S/C7H5Cl2F2N/c1-3-6(7(10)11)4(8)2-5(9)12-3/h2,7H,1H3. The number of pyridine rings is 1. The van der Waals surface area contributed by atoms with E-state index in [1.54, 1.807) is 0 Å². The maximum absolute atomic E-state index is 12.3. The van der Waals surface area contributed by atoms with Crippen LogP contribution in [0.3, 0.4) is 0 Å². The van der Waals surface area contributed by atoms with E-state index in [-0.39, 0.29) is 21.4 Å². The molecule has 0 bridgehead atoms. The van der Waals surface area contributed by atoms with Crippen LogP contribution < -0.4 is 0 Å². The summed E-state index contributed by atoms with van der Waals surface area (Å²) in [6.45, 7) is 1.44. The first-order valence-electron chi connectivity index (χ1n) is 3.13. The second kappa shape index (κ2) is 3.54. The Kier molecular flexibility index (Phi) is 2.85.